The van der Waals surface area contributed by atoms with Gasteiger partial charge in [-0.05, 0) is 30.3 Å². The van der Waals surface area contributed by atoms with Gasteiger partial charge in [-0.15, -0.1) is 0 Å². The van der Waals surface area contributed by atoms with Gasteiger partial charge in [-0.25, -0.2) is 8.78 Å². The number of anilines is 1. The van der Waals surface area contributed by atoms with Gasteiger partial charge in [0.15, 0.2) is 0 Å². The molecule has 0 aliphatic carbocycles. The molecule has 0 bridgehead atoms. The molecular formula is C23H15F2NO3. The summed E-state index contributed by atoms with van der Waals surface area (Å²) in [6.07, 6.45) is 0. The topological polar surface area (TPSA) is 57.6 Å². The number of aliphatic hydroxyl groups excluding tert-OH is 1. The summed E-state index contributed by atoms with van der Waals surface area (Å²) in [6, 6.07) is 17.7. The summed E-state index contributed by atoms with van der Waals surface area (Å²) in [5.41, 5.74) is 0.365. The Labute approximate surface area is 165 Å². The van der Waals surface area contributed by atoms with Crippen molar-refractivity contribution in [1.82, 2.24) is 0 Å². The molecule has 4 rings (SSSR count). The summed E-state index contributed by atoms with van der Waals surface area (Å²) in [5, 5.41) is 10.8. The van der Waals surface area contributed by atoms with Crippen molar-refractivity contribution in [1.29, 1.82) is 0 Å². The van der Waals surface area contributed by atoms with Crippen molar-refractivity contribution in [2.45, 2.75) is 6.04 Å². The van der Waals surface area contributed by atoms with E-state index in [1.165, 1.54) is 30.3 Å². The van der Waals surface area contributed by atoms with Crippen LogP contribution in [0.3, 0.4) is 0 Å². The van der Waals surface area contributed by atoms with E-state index in [2.05, 4.69) is 0 Å². The lowest BCUT2D eigenvalue weighted by molar-refractivity contribution is -0.132. The predicted molar refractivity (Wildman–Crippen MR) is 104 cm³/mol. The van der Waals surface area contributed by atoms with Crippen LogP contribution < -0.4 is 4.90 Å². The van der Waals surface area contributed by atoms with Gasteiger partial charge in [0.1, 0.15) is 17.4 Å². The number of carbonyl (C=O) groups is 2. The van der Waals surface area contributed by atoms with Gasteiger partial charge in [0.25, 0.3) is 11.7 Å². The van der Waals surface area contributed by atoms with Gasteiger partial charge in [-0.3, -0.25) is 14.5 Å². The maximum Gasteiger partial charge on any atom is 0.300 e. The third kappa shape index (κ3) is 3.18. The van der Waals surface area contributed by atoms with Crippen LogP contribution in [0.2, 0.25) is 0 Å². The maximum absolute atomic E-state index is 14.7. The largest absolute Gasteiger partial charge is 0.507 e. The zero-order chi connectivity index (χ0) is 20.5. The normalized spacial score (nSPS) is 18.3. The number of ketones is 1. The molecule has 6 heteroatoms. The standard InChI is InChI=1S/C23H15F2NO3/c24-15-10-12-16(13-11-15)26-20(17-8-4-5-9-18(17)25)19(22(28)23(26)29)21(27)14-6-2-1-3-7-14/h1-13,20,27H. The number of Topliss-reactive ketones (excluding diaryl/α,β-unsaturated/α-hetero) is 1. The zero-order valence-electron chi connectivity index (χ0n) is 15.0. The number of carbonyl (C=O) groups excluding carboxylic acids is 2. The van der Waals surface area contributed by atoms with E-state index in [1.54, 1.807) is 36.4 Å². The van der Waals surface area contributed by atoms with Crippen molar-refractivity contribution >= 4 is 23.1 Å². The smallest absolute Gasteiger partial charge is 0.300 e. The molecule has 1 fully saturated rings. The second kappa shape index (κ2) is 7.31. The van der Waals surface area contributed by atoms with E-state index in [4.69, 9.17) is 0 Å². The Balaban J connectivity index is 1.97. The molecule has 1 atom stereocenters. The van der Waals surface area contributed by atoms with E-state index >= 15 is 0 Å². The Hall–Kier alpha value is -3.80. The number of benzene rings is 3. The lowest BCUT2D eigenvalue weighted by atomic mass is 9.94. The first-order valence-corrected chi connectivity index (χ1v) is 8.85. The Morgan fingerprint density at radius 2 is 1.45 bits per heavy atom. The number of rotatable bonds is 3. The van der Waals surface area contributed by atoms with E-state index in [9.17, 15) is 23.5 Å². The molecule has 3 aromatic rings. The van der Waals surface area contributed by atoms with Crippen LogP contribution in [0.25, 0.3) is 5.76 Å². The third-order valence-electron chi connectivity index (χ3n) is 4.80. The molecule has 4 nitrogen and oxygen atoms in total. The van der Waals surface area contributed by atoms with Crippen molar-refractivity contribution in [2.75, 3.05) is 4.90 Å². The van der Waals surface area contributed by atoms with Crippen LogP contribution in [0.15, 0.2) is 84.4 Å². The quantitative estimate of drug-likeness (QED) is 0.404. The predicted octanol–water partition coefficient (Wildman–Crippen LogP) is 4.59. The highest BCUT2D eigenvalue weighted by molar-refractivity contribution is 6.51. The van der Waals surface area contributed by atoms with Gasteiger partial charge in [0.05, 0.1) is 11.6 Å². The molecule has 3 aromatic carbocycles. The van der Waals surface area contributed by atoms with Crippen LogP contribution in [0.5, 0.6) is 0 Å². The second-order valence-corrected chi connectivity index (χ2v) is 6.53. The number of nitrogens with zero attached hydrogens (tertiary/aromatic N) is 1. The molecule has 1 amide bonds. The van der Waals surface area contributed by atoms with Crippen LogP contribution in [0, 0.1) is 11.6 Å². The summed E-state index contributed by atoms with van der Waals surface area (Å²) < 4.78 is 28.1. The SMILES string of the molecule is O=C1C(=O)N(c2ccc(F)cc2)C(c2ccccc2F)C1=C(O)c1ccccc1. The van der Waals surface area contributed by atoms with Crippen molar-refractivity contribution in [3.05, 3.63) is 107 Å². The molecule has 0 saturated carbocycles. The fourth-order valence-corrected chi connectivity index (χ4v) is 3.44. The van der Waals surface area contributed by atoms with E-state index in [1.807, 2.05) is 0 Å². The summed E-state index contributed by atoms with van der Waals surface area (Å²) >= 11 is 0. The van der Waals surface area contributed by atoms with Crippen molar-refractivity contribution < 1.29 is 23.5 Å². The van der Waals surface area contributed by atoms with E-state index in [0.717, 1.165) is 17.0 Å². The van der Waals surface area contributed by atoms with Crippen LogP contribution in [-0.4, -0.2) is 16.8 Å². The maximum atomic E-state index is 14.7. The molecule has 1 aliphatic heterocycles. The van der Waals surface area contributed by atoms with Gasteiger partial charge in [-0.2, -0.15) is 0 Å². The molecule has 1 unspecified atom stereocenters. The highest BCUT2D eigenvalue weighted by atomic mass is 19.1. The summed E-state index contributed by atoms with van der Waals surface area (Å²) in [7, 11) is 0. The molecule has 1 aliphatic rings. The third-order valence-corrected chi connectivity index (χ3v) is 4.80. The Kier molecular flexibility index (Phi) is 4.68. The number of halogens is 2. The van der Waals surface area contributed by atoms with Crippen LogP contribution in [0.1, 0.15) is 17.2 Å². The van der Waals surface area contributed by atoms with Gasteiger partial charge in [-0.1, -0.05) is 48.5 Å². The van der Waals surface area contributed by atoms with E-state index in [-0.39, 0.29) is 16.8 Å². The highest BCUT2D eigenvalue weighted by Gasteiger charge is 2.47. The van der Waals surface area contributed by atoms with Crippen LogP contribution in [0.4, 0.5) is 14.5 Å². The zero-order valence-corrected chi connectivity index (χ0v) is 15.0. The number of hydrogen-bond donors (Lipinski definition) is 1. The minimum Gasteiger partial charge on any atom is -0.507 e. The lowest BCUT2D eigenvalue weighted by Crippen LogP contribution is -2.29. The number of hydrogen-bond acceptors (Lipinski definition) is 3. The average molecular weight is 391 g/mol. The minimum atomic E-state index is -1.19. The number of aliphatic hydroxyl groups is 1. The Morgan fingerprint density at radius 1 is 0.828 bits per heavy atom. The first kappa shape index (κ1) is 18.6. The molecule has 29 heavy (non-hydrogen) atoms. The van der Waals surface area contributed by atoms with E-state index in [0.29, 0.717) is 5.56 Å². The van der Waals surface area contributed by atoms with Gasteiger partial charge in [0.2, 0.25) is 0 Å². The Morgan fingerprint density at radius 3 is 2.10 bits per heavy atom. The van der Waals surface area contributed by atoms with Gasteiger partial charge >= 0.3 is 0 Å². The molecule has 1 N–H and O–H groups in total. The molecule has 1 saturated heterocycles. The molecule has 0 aromatic heterocycles. The van der Waals surface area contributed by atoms with Crippen LogP contribution >= 0.6 is 0 Å². The second-order valence-electron chi connectivity index (χ2n) is 6.53. The Bertz CT molecular complexity index is 1120. The van der Waals surface area contributed by atoms with E-state index < -0.39 is 35.1 Å². The van der Waals surface area contributed by atoms with Crippen molar-refractivity contribution in [3.63, 3.8) is 0 Å². The molecule has 144 valence electrons. The number of amides is 1. The highest BCUT2D eigenvalue weighted by Crippen LogP contribution is 2.42. The summed E-state index contributed by atoms with van der Waals surface area (Å²) in [4.78, 5) is 26.8. The molecular weight excluding hydrogens is 376 g/mol. The lowest BCUT2D eigenvalue weighted by Gasteiger charge is -2.25. The fourth-order valence-electron chi connectivity index (χ4n) is 3.44. The molecule has 1 heterocycles. The summed E-state index contributed by atoms with van der Waals surface area (Å²) in [6.45, 7) is 0. The van der Waals surface area contributed by atoms with Crippen LogP contribution in [-0.2, 0) is 9.59 Å². The monoisotopic (exact) mass is 391 g/mol. The molecule has 0 radical (unpaired) electrons. The van der Waals surface area contributed by atoms with Gasteiger partial charge < -0.3 is 5.11 Å². The molecule has 0 spiro atoms. The minimum absolute atomic E-state index is 0.0495. The van der Waals surface area contributed by atoms with Gasteiger partial charge in [0, 0.05) is 16.8 Å². The van der Waals surface area contributed by atoms with Crippen molar-refractivity contribution in [2.24, 2.45) is 0 Å². The van der Waals surface area contributed by atoms with Crippen molar-refractivity contribution in [3.8, 4) is 0 Å². The first-order valence-electron chi connectivity index (χ1n) is 8.85. The average Bonchev–Trinajstić information content (AvgIpc) is 3.00. The summed E-state index contributed by atoms with van der Waals surface area (Å²) in [5.74, 6) is -3.42. The first-order chi connectivity index (χ1) is 14.0. The fraction of sp³-hybridized carbons (Fsp3) is 0.0435.